The van der Waals surface area contributed by atoms with Gasteiger partial charge in [-0.3, -0.25) is 4.90 Å². The molecule has 1 nitrogen and oxygen atoms in total. The summed E-state index contributed by atoms with van der Waals surface area (Å²) >= 11 is 2.01. The average molecular weight is 285 g/mol. The van der Waals surface area contributed by atoms with Crippen molar-refractivity contribution in [3.05, 3.63) is 56.8 Å². The van der Waals surface area contributed by atoms with Crippen molar-refractivity contribution in [2.24, 2.45) is 0 Å². The van der Waals surface area contributed by atoms with Gasteiger partial charge in [0.1, 0.15) is 0 Å². The number of fused-ring (bicyclic) bond motifs is 1. The summed E-state index contributed by atoms with van der Waals surface area (Å²) < 4.78 is 0. The van der Waals surface area contributed by atoms with Gasteiger partial charge in [-0.25, -0.2) is 0 Å². The zero-order valence-corrected chi connectivity index (χ0v) is 13.5. The molecule has 0 N–H and O–H groups in total. The average Bonchev–Trinajstić information content (AvgIpc) is 2.90. The van der Waals surface area contributed by atoms with Crippen molar-refractivity contribution < 1.29 is 0 Å². The minimum Gasteiger partial charge on any atom is -0.298 e. The van der Waals surface area contributed by atoms with Crippen molar-refractivity contribution in [3.8, 4) is 0 Å². The molecule has 2 aromatic rings. The Morgan fingerprint density at radius 3 is 2.60 bits per heavy atom. The first kappa shape index (κ1) is 13.8. The fourth-order valence-electron chi connectivity index (χ4n) is 3.04. The van der Waals surface area contributed by atoms with E-state index in [1.54, 1.807) is 10.4 Å². The molecule has 20 heavy (non-hydrogen) atoms. The standard InChI is InChI=1S/C18H23NS/c1-4-15-10-16-17(14-8-6-13(3)7-9-14)11-19(5-2)12-18(16)20-15/h6-10,17H,4-5,11-12H2,1-3H3. The molecule has 2 heterocycles. The third kappa shape index (κ3) is 2.55. The molecule has 0 aliphatic carbocycles. The molecule has 0 saturated carbocycles. The van der Waals surface area contributed by atoms with E-state index in [4.69, 9.17) is 0 Å². The van der Waals surface area contributed by atoms with Gasteiger partial charge in [0.05, 0.1) is 0 Å². The summed E-state index contributed by atoms with van der Waals surface area (Å²) in [5.74, 6) is 0.552. The molecule has 1 atom stereocenters. The third-order valence-corrected chi connectivity index (χ3v) is 5.63. The largest absolute Gasteiger partial charge is 0.298 e. The number of nitrogens with zero attached hydrogens (tertiary/aromatic N) is 1. The maximum atomic E-state index is 2.57. The van der Waals surface area contributed by atoms with E-state index in [1.807, 2.05) is 11.3 Å². The number of hydrogen-bond acceptors (Lipinski definition) is 2. The first-order valence-corrected chi connectivity index (χ1v) is 8.43. The smallest absolute Gasteiger partial charge is 0.0331 e. The Morgan fingerprint density at radius 1 is 1.20 bits per heavy atom. The summed E-state index contributed by atoms with van der Waals surface area (Å²) in [6.07, 6.45) is 1.16. The number of likely N-dealkylation sites (N-methyl/N-ethyl adjacent to an activating group) is 1. The molecule has 1 aliphatic rings. The summed E-state index contributed by atoms with van der Waals surface area (Å²) in [7, 11) is 0. The van der Waals surface area contributed by atoms with Crippen LogP contribution in [0.1, 0.15) is 46.2 Å². The Kier molecular flexibility index (Phi) is 3.95. The summed E-state index contributed by atoms with van der Waals surface area (Å²) in [5.41, 5.74) is 4.40. The molecule has 1 aromatic carbocycles. The van der Waals surface area contributed by atoms with E-state index in [2.05, 4.69) is 56.0 Å². The SMILES string of the molecule is CCc1cc2c(s1)CN(CC)CC2c1ccc(C)cc1. The Labute approximate surface area is 126 Å². The maximum absolute atomic E-state index is 2.57. The number of rotatable bonds is 3. The van der Waals surface area contributed by atoms with Gasteiger partial charge < -0.3 is 0 Å². The number of benzene rings is 1. The highest BCUT2D eigenvalue weighted by atomic mass is 32.1. The monoisotopic (exact) mass is 285 g/mol. The molecule has 0 radical (unpaired) electrons. The van der Waals surface area contributed by atoms with Gasteiger partial charge in [-0.1, -0.05) is 43.7 Å². The van der Waals surface area contributed by atoms with Crippen LogP contribution in [0.5, 0.6) is 0 Å². The van der Waals surface area contributed by atoms with E-state index in [9.17, 15) is 0 Å². The van der Waals surface area contributed by atoms with Crippen LogP contribution in [0.3, 0.4) is 0 Å². The summed E-state index contributed by atoms with van der Waals surface area (Å²) in [6, 6.07) is 11.6. The second-order valence-electron chi connectivity index (χ2n) is 5.74. The van der Waals surface area contributed by atoms with Crippen molar-refractivity contribution in [2.45, 2.75) is 39.7 Å². The van der Waals surface area contributed by atoms with Crippen LogP contribution in [0.15, 0.2) is 30.3 Å². The van der Waals surface area contributed by atoms with Crippen LogP contribution in [0.25, 0.3) is 0 Å². The first-order chi connectivity index (χ1) is 9.71. The topological polar surface area (TPSA) is 3.24 Å². The van der Waals surface area contributed by atoms with Gasteiger partial charge in [-0.15, -0.1) is 11.3 Å². The lowest BCUT2D eigenvalue weighted by Crippen LogP contribution is -2.32. The second-order valence-corrected chi connectivity index (χ2v) is 6.96. The highest BCUT2D eigenvalue weighted by Gasteiger charge is 2.27. The Bertz CT molecular complexity index is 582. The Hall–Kier alpha value is -1.12. The quantitative estimate of drug-likeness (QED) is 0.797. The van der Waals surface area contributed by atoms with E-state index in [0.717, 1.165) is 26.1 Å². The number of thiophene rings is 1. The van der Waals surface area contributed by atoms with E-state index in [-0.39, 0.29) is 0 Å². The number of aryl methyl sites for hydroxylation is 2. The minimum absolute atomic E-state index is 0.552. The summed E-state index contributed by atoms with van der Waals surface area (Å²) in [5, 5.41) is 0. The van der Waals surface area contributed by atoms with Crippen molar-refractivity contribution in [1.82, 2.24) is 4.90 Å². The lowest BCUT2D eigenvalue weighted by Gasteiger charge is -2.32. The lowest BCUT2D eigenvalue weighted by atomic mass is 9.88. The fraction of sp³-hybridized carbons (Fsp3) is 0.444. The Morgan fingerprint density at radius 2 is 1.95 bits per heavy atom. The van der Waals surface area contributed by atoms with Gasteiger partial charge in [-0.2, -0.15) is 0 Å². The highest BCUT2D eigenvalue weighted by molar-refractivity contribution is 7.12. The van der Waals surface area contributed by atoms with Crippen LogP contribution in [-0.2, 0) is 13.0 Å². The summed E-state index contributed by atoms with van der Waals surface area (Å²) in [6.45, 7) is 10.1. The molecular formula is C18H23NS. The highest BCUT2D eigenvalue weighted by Crippen LogP contribution is 2.38. The van der Waals surface area contributed by atoms with E-state index in [0.29, 0.717) is 5.92 Å². The van der Waals surface area contributed by atoms with Gasteiger partial charge in [0.25, 0.3) is 0 Å². The van der Waals surface area contributed by atoms with Crippen molar-refractivity contribution >= 4 is 11.3 Å². The van der Waals surface area contributed by atoms with Crippen LogP contribution in [0, 0.1) is 6.92 Å². The van der Waals surface area contributed by atoms with Gasteiger partial charge in [0.2, 0.25) is 0 Å². The van der Waals surface area contributed by atoms with Gasteiger partial charge in [0, 0.05) is 28.8 Å². The van der Waals surface area contributed by atoms with Crippen LogP contribution in [0.4, 0.5) is 0 Å². The van der Waals surface area contributed by atoms with Crippen LogP contribution < -0.4 is 0 Å². The molecule has 0 spiro atoms. The van der Waals surface area contributed by atoms with Crippen molar-refractivity contribution in [1.29, 1.82) is 0 Å². The molecular weight excluding hydrogens is 262 g/mol. The second kappa shape index (κ2) is 5.71. The number of hydrogen-bond donors (Lipinski definition) is 0. The van der Waals surface area contributed by atoms with E-state index < -0.39 is 0 Å². The minimum atomic E-state index is 0.552. The first-order valence-electron chi connectivity index (χ1n) is 7.61. The fourth-order valence-corrected chi connectivity index (χ4v) is 4.25. The normalized spacial score (nSPS) is 19.1. The molecule has 106 valence electrons. The zero-order valence-electron chi connectivity index (χ0n) is 12.6. The van der Waals surface area contributed by atoms with Crippen LogP contribution in [-0.4, -0.2) is 18.0 Å². The van der Waals surface area contributed by atoms with Gasteiger partial charge in [-0.05, 0) is 37.1 Å². The molecule has 0 fully saturated rings. The van der Waals surface area contributed by atoms with Crippen LogP contribution >= 0.6 is 11.3 Å². The van der Waals surface area contributed by atoms with E-state index in [1.165, 1.54) is 16.0 Å². The molecule has 3 rings (SSSR count). The molecule has 2 heteroatoms. The van der Waals surface area contributed by atoms with Crippen molar-refractivity contribution in [3.63, 3.8) is 0 Å². The molecule has 0 bridgehead atoms. The predicted molar refractivity (Wildman–Crippen MR) is 87.7 cm³/mol. The third-order valence-electron chi connectivity index (χ3n) is 4.35. The molecule has 1 aromatic heterocycles. The van der Waals surface area contributed by atoms with Gasteiger partial charge in [0.15, 0.2) is 0 Å². The van der Waals surface area contributed by atoms with E-state index >= 15 is 0 Å². The predicted octanol–water partition coefficient (Wildman–Crippen LogP) is 4.59. The molecule has 0 saturated heterocycles. The zero-order chi connectivity index (χ0) is 14.1. The molecule has 1 aliphatic heterocycles. The lowest BCUT2D eigenvalue weighted by molar-refractivity contribution is 0.257. The van der Waals surface area contributed by atoms with Crippen LogP contribution in [0.2, 0.25) is 0 Å². The summed E-state index contributed by atoms with van der Waals surface area (Å²) in [4.78, 5) is 5.69. The van der Waals surface area contributed by atoms with Gasteiger partial charge >= 0.3 is 0 Å². The van der Waals surface area contributed by atoms with Crippen molar-refractivity contribution in [2.75, 3.05) is 13.1 Å². The molecule has 1 unspecified atom stereocenters. The Balaban J connectivity index is 2.01. The maximum Gasteiger partial charge on any atom is 0.0331 e. The molecule has 0 amide bonds.